The smallest absolute Gasteiger partial charge is 0.355 e. The molecule has 2 heterocycles. The Bertz CT molecular complexity index is 990. The van der Waals surface area contributed by atoms with Gasteiger partial charge in [0.2, 0.25) is 5.91 Å². The minimum atomic E-state index is -0.723. The van der Waals surface area contributed by atoms with E-state index in [0.29, 0.717) is 35.3 Å². The molecule has 1 saturated heterocycles. The molecule has 8 heteroatoms. The van der Waals surface area contributed by atoms with Crippen LogP contribution in [-0.4, -0.2) is 48.4 Å². The molecule has 0 atom stereocenters. The van der Waals surface area contributed by atoms with Crippen molar-refractivity contribution in [3.63, 3.8) is 0 Å². The summed E-state index contributed by atoms with van der Waals surface area (Å²) < 4.78 is 10.1. The van der Waals surface area contributed by atoms with Crippen molar-refractivity contribution < 1.29 is 28.7 Å². The number of ether oxygens (including phenoxy) is 2. The molecule has 158 valence electrons. The van der Waals surface area contributed by atoms with Crippen molar-refractivity contribution in [3.8, 4) is 0 Å². The number of nitrogens with zero attached hydrogens (tertiary/aromatic N) is 1. The second-order valence-corrected chi connectivity index (χ2v) is 7.04. The second-order valence-electron chi connectivity index (χ2n) is 7.04. The SMILES string of the molecule is CCOC(=O)c1c(C)[nH]c(C(=O)OCC(=O)c2ccc(N3CCCC3=O)cc2)c1C. The molecular weight excluding hydrogens is 388 g/mol. The van der Waals surface area contributed by atoms with Gasteiger partial charge in [0.15, 0.2) is 12.4 Å². The summed E-state index contributed by atoms with van der Waals surface area (Å²) in [6.45, 7) is 5.44. The Morgan fingerprint density at radius 2 is 1.77 bits per heavy atom. The van der Waals surface area contributed by atoms with Crippen LogP contribution in [0.4, 0.5) is 5.69 Å². The lowest BCUT2D eigenvalue weighted by Gasteiger charge is -2.15. The molecule has 3 rings (SSSR count). The van der Waals surface area contributed by atoms with Crippen LogP contribution in [0.15, 0.2) is 24.3 Å². The quantitative estimate of drug-likeness (QED) is 0.554. The monoisotopic (exact) mass is 412 g/mol. The molecular formula is C22H24N2O6. The zero-order valence-corrected chi connectivity index (χ0v) is 17.2. The van der Waals surface area contributed by atoms with Gasteiger partial charge in [-0.2, -0.15) is 0 Å². The summed E-state index contributed by atoms with van der Waals surface area (Å²) >= 11 is 0. The molecule has 0 aliphatic carbocycles. The van der Waals surface area contributed by atoms with E-state index in [1.807, 2.05) is 0 Å². The number of aromatic nitrogens is 1. The minimum Gasteiger partial charge on any atom is -0.462 e. The van der Waals surface area contributed by atoms with Crippen molar-refractivity contribution in [2.75, 3.05) is 24.7 Å². The number of carbonyl (C=O) groups is 4. The number of H-pyrrole nitrogens is 1. The van der Waals surface area contributed by atoms with Gasteiger partial charge < -0.3 is 19.4 Å². The first-order valence-electron chi connectivity index (χ1n) is 9.80. The van der Waals surface area contributed by atoms with Crippen molar-refractivity contribution in [3.05, 3.63) is 52.3 Å². The molecule has 0 bridgehead atoms. The van der Waals surface area contributed by atoms with Crippen LogP contribution in [-0.2, 0) is 14.3 Å². The molecule has 0 saturated carbocycles. The van der Waals surface area contributed by atoms with Gasteiger partial charge in [0.1, 0.15) is 5.69 Å². The number of Topliss-reactive ketones (excluding diaryl/α,β-unsaturated/α-hetero) is 1. The molecule has 30 heavy (non-hydrogen) atoms. The topological polar surface area (TPSA) is 106 Å². The Kier molecular flexibility index (Phi) is 6.34. The fraction of sp³-hybridized carbons (Fsp3) is 0.364. The first kappa shape index (κ1) is 21.3. The van der Waals surface area contributed by atoms with Crippen LogP contribution >= 0.6 is 0 Å². The lowest BCUT2D eigenvalue weighted by atomic mass is 10.1. The first-order valence-corrected chi connectivity index (χ1v) is 9.80. The van der Waals surface area contributed by atoms with Gasteiger partial charge in [0.05, 0.1) is 12.2 Å². The molecule has 1 aliphatic heterocycles. The highest BCUT2D eigenvalue weighted by molar-refractivity contribution is 6.02. The Hall–Kier alpha value is -3.42. The summed E-state index contributed by atoms with van der Waals surface area (Å²) in [7, 11) is 0. The average molecular weight is 412 g/mol. The number of anilines is 1. The van der Waals surface area contributed by atoms with Crippen molar-refractivity contribution >= 4 is 29.3 Å². The molecule has 1 aromatic heterocycles. The first-order chi connectivity index (χ1) is 14.3. The van der Waals surface area contributed by atoms with E-state index in [0.717, 1.165) is 12.1 Å². The zero-order valence-electron chi connectivity index (χ0n) is 17.2. The van der Waals surface area contributed by atoms with Gasteiger partial charge in [-0.05, 0) is 57.0 Å². The van der Waals surface area contributed by atoms with Gasteiger partial charge in [-0.1, -0.05) is 0 Å². The summed E-state index contributed by atoms with van der Waals surface area (Å²) in [4.78, 5) is 53.2. The highest BCUT2D eigenvalue weighted by Gasteiger charge is 2.25. The maximum absolute atomic E-state index is 12.4. The average Bonchev–Trinajstić information content (AvgIpc) is 3.28. The molecule has 1 aromatic carbocycles. The van der Waals surface area contributed by atoms with E-state index in [9.17, 15) is 19.2 Å². The third kappa shape index (κ3) is 4.27. The molecule has 0 spiro atoms. The minimum absolute atomic E-state index is 0.0711. The summed E-state index contributed by atoms with van der Waals surface area (Å²) in [6, 6.07) is 6.64. The van der Waals surface area contributed by atoms with Crippen LogP contribution in [0.25, 0.3) is 0 Å². The van der Waals surface area contributed by atoms with Gasteiger partial charge in [-0.25, -0.2) is 9.59 Å². The Labute approximate surface area is 174 Å². The van der Waals surface area contributed by atoms with E-state index >= 15 is 0 Å². The number of aryl methyl sites for hydroxylation is 1. The van der Waals surface area contributed by atoms with Crippen molar-refractivity contribution in [2.24, 2.45) is 0 Å². The molecule has 2 aromatic rings. The molecule has 1 amide bonds. The Balaban J connectivity index is 1.63. The molecule has 0 radical (unpaired) electrons. The maximum Gasteiger partial charge on any atom is 0.355 e. The molecule has 0 unspecified atom stereocenters. The van der Waals surface area contributed by atoms with Crippen LogP contribution in [0.3, 0.4) is 0 Å². The van der Waals surface area contributed by atoms with Crippen LogP contribution in [0.1, 0.15) is 62.2 Å². The van der Waals surface area contributed by atoms with Gasteiger partial charge >= 0.3 is 11.9 Å². The molecule has 1 N–H and O–H groups in total. The highest BCUT2D eigenvalue weighted by atomic mass is 16.5. The Morgan fingerprint density at radius 1 is 1.07 bits per heavy atom. The molecule has 1 aliphatic rings. The van der Waals surface area contributed by atoms with E-state index in [2.05, 4.69) is 4.98 Å². The number of aromatic amines is 1. The lowest BCUT2D eigenvalue weighted by Crippen LogP contribution is -2.23. The van der Waals surface area contributed by atoms with Crippen LogP contribution in [0.5, 0.6) is 0 Å². The third-order valence-electron chi connectivity index (χ3n) is 5.03. The van der Waals surface area contributed by atoms with Crippen LogP contribution < -0.4 is 4.90 Å². The maximum atomic E-state index is 12.4. The van der Waals surface area contributed by atoms with E-state index in [1.165, 1.54) is 0 Å². The Morgan fingerprint density at radius 3 is 2.37 bits per heavy atom. The number of benzene rings is 1. The number of ketones is 1. The van der Waals surface area contributed by atoms with Gasteiger partial charge in [0.25, 0.3) is 0 Å². The van der Waals surface area contributed by atoms with Crippen molar-refractivity contribution in [1.82, 2.24) is 4.98 Å². The van der Waals surface area contributed by atoms with Crippen molar-refractivity contribution in [2.45, 2.75) is 33.6 Å². The number of esters is 2. The standard InChI is InChI=1S/C22H24N2O6/c1-4-29-21(27)19-13(2)20(23-14(19)3)22(28)30-12-17(25)15-7-9-16(10-8-15)24-11-5-6-18(24)26/h7-10,23H,4-6,11-12H2,1-3H3. The van der Waals surface area contributed by atoms with E-state index < -0.39 is 18.5 Å². The fourth-order valence-corrected chi connectivity index (χ4v) is 3.50. The predicted molar refractivity (Wildman–Crippen MR) is 109 cm³/mol. The number of nitrogens with one attached hydrogen (secondary N) is 1. The summed E-state index contributed by atoms with van der Waals surface area (Å²) in [5.74, 6) is -1.54. The van der Waals surface area contributed by atoms with Crippen molar-refractivity contribution in [1.29, 1.82) is 0 Å². The van der Waals surface area contributed by atoms with E-state index in [-0.39, 0.29) is 24.0 Å². The van der Waals surface area contributed by atoms with Gasteiger partial charge in [-0.3, -0.25) is 9.59 Å². The van der Waals surface area contributed by atoms with Gasteiger partial charge in [-0.15, -0.1) is 0 Å². The third-order valence-corrected chi connectivity index (χ3v) is 5.03. The second kappa shape index (κ2) is 8.94. The van der Waals surface area contributed by atoms with Gasteiger partial charge in [0, 0.05) is 29.9 Å². The fourth-order valence-electron chi connectivity index (χ4n) is 3.50. The number of hydrogen-bond acceptors (Lipinski definition) is 6. The largest absolute Gasteiger partial charge is 0.462 e. The molecule has 8 nitrogen and oxygen atoms in total. The van der Waals surface area contributed by atoms with Crippen LogP contribution in [0, 0.1) is 13.8 Å². The van der Waals surface area contributed by atoms with Crippen LogP contribution in [0.2, 0.25) is 0 Å². The summed E-state index contributed by atoms with van der Waals surface area (Å²) in [5.41, 5.74) is 2.45. The zero-order chi connectivity index (χ0) is 21.8. The summed E-state index contributed by atoms with van der Waals surface area (Å²) in [5, 5.41) is 0. The lowest BCUT2D eigenvalue weighted by molar-refractivity contribution is -0.117. The number of carbonyl (C=O) groups excluding carboxylic acids is 4. The summed E-state index contributed by atoms with van der Waals surface area (Å²) in [6.07, 6.45) is 1.36. The van der Waals surface area contributed by atoms with E-state index in [1.54, 1.807) is 49.9 Å². The number of amides is 1. The predicted octanol–water partition coefficient (Wildman–Crippen LogP) is 2.97. The number of rotatable bonds is 7. The van der Waals surface area contributed by atoms with E-state index in [4.69, 9.17) is 9.47 Å². The normalized spacial score (nSPS) is 13.4. The number of hydrogen-bond donors (Lipinski definition) is 1. The molecule has 1 fully saturated rings. The highest BCUT2D eigenvalue weighted by Crippen LogP contribution is 2.22.